The second kappa shape index (κ2) is 7.00. The van der Waals surface area contributed by atoms with Gasteiger partial charge in [0.25, 0.3) is 0 Å². The van der Waals surface area contributed by atoms with Crippen molar-refractivity contribution in [1.29, 1.82) is 0 Å². The van der Waals surface area contributed by atoms with E-state index in [-0.39, 0.29) is 24.1 Å². The van der Waals surface area contributed by atoms with Gasteiger partial charge in [0, 0.05) is 19.1 Å². The molecule has 19 heavy (non-hydrogen) atoms. The molecule has 0 fully saturated rings. The molecule has 108 valence electrons. The molecule has 1 rings (SSSR count). The van der Waals surface area contributed by atoms with Gasteiger partial charge in [0.2, 0.25) is 10.0 Å². The predicted molar refractivity (Wildman–Crippen MR) is 75.2 cm³/mol. The molecule has 0 spiro atoms. The fourth-order valence-electron chi connectivity index (χ4n) is 1.81. The first-order chi connectivity index (χ1) is 8.93. The Hall–Kier alpha value is -0.950. The fourth-order valence-corrected chi connectivity index (χ4v) is 3.33. The van der Waals surface area contributed by atoms with Gasteiger partial charge in [-0.3, -0.25) is 0 Å². The van der Waals surface area contributed by atoms with Crippen LogP contribution < -0.4 is 5.73 Å². The van der Waals surface area contributed by atoms with E-state index in [1.165, 1.54) is 4.31 Å². The summed E-state index contributed by atoms with van der Waals surface area (Å²) in [6.45, 7) is 4.08. The van der Waals surface area contributed by atoms with Crippen molar-refractivity contribution in [2.75, 3.05) is 19.7 Å². The number of rotatable bonds is 7. The lowest BCUT2D eigenvalue weighted by atomic mass is 10.1. The van der Waals surface area contributed by atoms with Crippen LogP contribution in [0.5, 0.6) is 0 Å². The smallest absolute Gasteiger partial charge is 0.243 e. The summed E-state index contributed by atoms with van der Waals surface area (Å²) in [7, 11) is -3.54. The number of benzene rings is 1. The van der Waals surface area contributed by atoms with Gasteiger partial charge in [0.1, 0.15) is 0 Å². The minimum atomic E-state index is -3.54. The number of nitrogens with two attached hydrogens (primary N) is 1. The van der Waals surface area contributed by atoms with Gasteiger partial charge in [0.05, 0.1) is 11.5 Å². The van der Waals surface area contributed by atoms with Crippen molar-refractivity contribution in [2.45, 2.75) is 31.2 Å². The lowest BCUT2D eigenvalue weighted by Gasteiger charge is -2.20. The van der Waals surface area contributed by atoms with Crippen LogP contribution in [0.15, 0.2) is 29.2 Å². The van der Waals surface area contributed by atoms with E-state index in [2.05, 4.69) is 0 Å². The Morgan fingerprint density at radius 2 is 1.84 bits per heavy atom. The molecule has 1 aromatic carbocycles. The summed E-state index contributed by atoms with van der Waals surface area (Å²) in [5, 5.41) is 8.97. The van der Waals surface area contributed by atoms with Crippen LogP contribution in [-0.4, -0.2) is 37.5 Å². The number of hydrogen-bond donors (Lipinski definition) is 2. The van der Waals surface area contributed by atoms with E-state index in [0.29, 0.717) is 13.0 Å². The van der Waals surface area contributed by atoms with Crippen molar-refractivity contribution >= 4 is 10.0 Å². The molecule has 0 radical (unpaired) electrons. The van der Waals surface area contributed by atoms with E-state index in [9.17, 15) is 8.42 Å². The van der Waals surface area contributed by atoms with Crippen molar-refractivity contribution in [2.24, 2.45) is 5.73 Å². The van der Waals surface area contributed by atoms with Crippen LogP contribution in [0.2, 0.25) is 0 Å². The fraction of sp³-hybridized carbons (Fsp3) is 0.538. The van der Waals surface area contributed by atoms with E-state index in [0.717, 1.165) is 5.56 Å². The quantitative estimate of drug-likeness (QED) is 0.786. The monoisotopic (exact) mass is 286 g/mol. The molecule has 1 aromatic rings. The average molecular weight is 286 g/mol. The maximum absolute atomic E-state index is 12.4. The molecular formula is C13H22N2O3S. The summed E-state index contributed by atoms with van der Waals surface area (Å²) in [5.74, 6) is 0. The van der Waals surface area contributed by atoms with Crippen LogP contribution in [0, 0.1) is 0 Å². The molecule has 0 amide bonds. The summed E-state index contributed by atoms with van der Waals surface area (Å²) >= 11 is 0. The summed E-state index contributed by atoms with van der Waals surface area (Å²) in [6, 6.07) is 6.45. The third-order valence-electron chi connectivity index (χ3n) is 2.87. The Kier molecular flexibility index (Phi) is 5.93. The highest BCUT2D eigenvalue weighted by Crippen LogP contribution is 2.18. The van der Waals surface area contributed by atoms with E-state index in [1.54, 1.807) is 24.3 Å². The highest BCUT2D eigenvalue weighted by Gasteiger charge is 2.23. The maximum Gasteiger partial charge on any atom is 0.243 e. The Morgan fingerprint density at radius 1 is 1.26 bits per heavy atom. The first-order valence-electron chi connectivity index (χ1n) is 6.40. The highest BCUT2D eigenvalue weighted by atomic mass is 32.2. The zero-order chi connectivity index (χ0) is 14.5. The third-order valence-corrected chi connectivity index (χ3v) is 4.78. The number of hydrogen-bond acceptors (Lipinski definition) is 4. The van der Waals surface area contributed by atoms with Crippen LogP contribution in [0.25, 0.3) is 0 Å². The Labute approximate surface area is 115 Å². The van der Waals surface area contributed by atoms with E-state index in [1.807, 2.05) is 13.8 Å². The zero-order valence-corrected chi connectivity index (χ0v) is 12.2. The first kappa shape index (κ1) is 16.1. The van der Waals surface area contributed by atoms with Crippen molar-refractivity contribution in [3.8, 4) is 0 Å². The summed E-state index contributed by atoms with van der Waals surface area (Å²) in [6.07, 6.45) is 0.706. The molecule has 0 aliphatic rings. The molecule has 3 N–H and O–H groups in total. The minimum absolute atomic E-state index is 0.116. The maximum atomic E-state index is 12.4. The SMILES string of the molecule is CCCN(CCO)S(=O)(=O)c1ccc(C(C)N)cc1. The summed E-state index contributed by atoms with van der Waals surface area (Å²) in [4.78, 5) is 0.235. The molecule has 0 aliphatic heterocycles. The second-order valence-electron chi connectivity index (χ2n) is 4.49. The van der Waals surface area contributed by atoms with Gasteiger partial charge in [-0.15, -0.1) is 0 Å². The molecule has 0 saturated carbocycles. The minimum Gasteiger partial charge on any atom is -0.395 e. The van der Waals surface area contributed by atoms with Crippen LogP contribution in [0.3, 0.4) is 0 Å². The topological polar surface area (TPSA) is 83.6 Å². The molecule has 0 bridgehead atoms. The molecule has 0 heterocycles. The molecular weight excluding hydrogens is 264 g/mol. The molecule has 6 heteroatoms. The molecule has 0 saturated heterocycles. The molecule has 0 aliphatic carbocycles. The standard InChI is InChI=1S/C13H22N2O3S/c1-3-8-15(9-10-16)19(17,18)13-6-4-12(5-7-13)11(2)14/h4-7,11,16H,3,8-10,14H2,1-2H3. The summed E-state index contributed by atoms with van der Waals surface area (Å²) in [5.41, 5.74) is 6.63. The third kappa shape index (κ3) is 4.01. The van der Waals surface area contributed by atoms with E-state index in [4.69, 9.17) is 10.8 Å². The number of aliphatic hydroxyl groups excluding tert-OH is 1. The molecule has 1 unspecified atom stereocenters. The zero-order valence-electron chi connectivity index (χ0n) is 11.4. The van der Waals surface area contributed by atoms with E-state index < -0.39 is 10.0 Å². The molecule has 0 aromatic heterocycles. The average Bonchev–Trinajstić information content (AvgIpc) is 2.38. The van der Waals surface area contributed by atoms with Gasteiger partial charge in [-0.1, -0.05) is 19.1 Å². The van der Waals surface area contributed by atoms with Gasteiger partial charge in [-0.05, 0) is 31.0 Å². The van der Waals surface area contributed by atoms with Crippen LogP contribution in [0.4, 0.5) is 0 Å². The van der Waals surface area contributed by atoms with Crippen LogP contribution in [-0.2, 0) is 10.0 Å². The van der Waals surface area contributed by atoms with Gasteiger partial charge in [-0.25, -0.2) is 8.42 Å². The normalized spacial score (nSPS) is 13.7. The van der Waals surface area contributed by atoms with Crippen molar-refractivity contribution in [3.63, 3.8) is 0 Å². The van der Waals surface area contributed by atoms with Crippen molar-refractivity contribution in [1.82, 2.24) is 4.31 Å². The Morgan fingerprint density at radius 3 is 2.26 bits per heavy atom. The summed E-state index contributed by atoms with van der Waals surface area (Å²) < 4.78 is 26.1. The van der Waals surface area contributed by atoms with Gasteiger partial charge in [-0.2, -0.15) is 4.31 Å². The van der Waals surface area contributed by atoms with E-state index >= 15 is 0 Å². The molecule has 1 atom stereocenters. The first-order valence-corrected chi connectivity index (χ1v) is 7.84. The number of aliphatic hydroxyl groups is 1. The lowest BCUT2D eigenvalue weighted by molar-refractivity contribution is 0.253. The Balaban J connectivity index is 3.03. The van der Waals surface area contributed by atoms with Gasteiger partial charge in [0.15, 0.2) is 0 Å². The molecule has 5 nitrogen and oxygen atoms in total. The van der Waals surface area contributed by atoms with Crippen molar-refractivity contribution < 1.29 is 13.5 Å². The predicted octanol–water partition coefficient (Wildman–Crippen LogP) is 1.10. The lowest BCUT2D eigenvalue weighted by Crippen LogP contribution is -2.34. The van der Waals surface area contributed by atoms with Crippen molar-refractivity contribution in [3.05, 3.63) is 29.8 Å². The number of nitrogens with zero attached hydrogens (tertiary/aromatic N) is 1. The highest BCUT2D eigenvalue weighted by molar-refractivity contribution is 7.89. The second-order valence-corrected chi connectivity index (χ2v) is 6.42. The number of sulfonamides is 1. The van der Waals surface area contributed by atoms with Crippen LogP contribution >= 0.6 is 0 Å². The van der Waals surface area contributed by atoms with Gasteiger partial charge < -0.3 is 10.8 Å². The van der Waals surface area contributed by atoms with Gasteiger partial charge >= 0.3 is 0 Å². The van der Waals surface area contributed by atoms with Crippen LogP contribution in [0.1, 0.15) is 31.9 Å². The largest absolute Gasteiger partial charge is 0.395 e. The Bertz CT molecular complexity index is 477.